The minimum atomic E-state index is 0.881. The van der Waals surface area contributed by atoms with Gasteiger partial charge in [0.2, 0.25) is 0 Å². The van der Waals surface area contributed by atoms with Crippen molar-refractivity contribution in [3.05, 3.63) is 10.8 Å². The van der Waals surface area contributed by atoms with Crippen LogP contribution in [0.1, 0.15) is 0 Å². The van der Waals surface area contributed by atoms with Crippen LogP contribution in [0, 0.1) is 0 Å². The van der Waals surface area contributed by atoms with E-state index in [9.17, 15) is 0 Å². The number of hydrogen-bond donors (Lipinski definition) is 0. The molecule has 0 aromatic carbocycles. The summed E-state index contributed by atoms with van der Waals surface area (Å²) in [6.45, 7) is 1.86. The van der Waals surface area contributed by atoms with Crippen LogP contribution in [-0.2, 0) is 0 Å². The monoisotopic (exact) mass is 245 g/mol. The maximum atomic E-state index is 4.37. The standard InChI is InChI=1S/C7H8BrN3S/c1-12-7-6-9-2-3-11(6)4-5(8)10-7/h4H,2-3H2,1H3. The van der Waals surface area contributed by atoms with E-state index in [0.29, 0.717) is 0 Å². The Hall–Kier alpha value is -0.290. The summed E-state index contributed by atoms with van der Waals surface area (Å²) in [4.78, 5) is 10.8. The van der Waals surface area contributed by atoms with Crippen LogP contribution in [0.3, 0.4) is 0 Å². The smallest absolute Gasteiger partial charge is 0.160 e. The first-order valence-corrected chi connectivity index (χ1v) is 5.64. The van der Waals surface area contributed by atoms with Crippen molar-refractivity contribution in [2.45, 2.75) is 0 Å². The van der Waals surface area contributed by atoms with E-state index >= 15 is 0 Å². The molecule has 0 aromatic rings. The molecular formula is C7H8BrN3S. The SMILES string of the molecule is CSC1=NC(Br)=CN2CCN=C12. The molecule has 64 valence electrons. The average Bonchev–Trinajstić information content (AvgIpc) is 2.50. The zero-order valence-electron chi connectivity index (χ0n) is 6.62. The third kappa shape index (κ3) is 1.31. The van der Waals surface area contributed by atoms with E-state index in [1.165, 1.54) is 0 Å². The summed E-state index contributed by atoms with van der Waals surface area (Å²) < 4.78 is 0.882. The van der Waals surface area contributed by atoms with E-state index in [1.54, 1.807) is 11.8 Å². The summed E-state index contributed by atoms with van der Waals surface area (Å²) in [5, 5.41) is 1.00. The number of halogens is 1. The lowest BCUT2D eigenvalue weighted by Gasteiger charge is -2.19. The highest BCUT2D eigenvalue weighted by Gasteiger charge is 2.23. The molecule has 2 rings (SSSR count). The van der Waals surface area contributed by atoms with Crippen LogP contribution in [0.15, 0.2) is 20.8 Å². The Morgan fingerprint density at radius 3 is 3.25 bits per heavy atom. The molecule has 3 nitrogen and oxygen atoms in total. The number of nitrogens with zero attached hydrogens (tertiary/aromatic N) is 3. The number of aliphatic imine (C=N–C) groups is 2. The van der Waals surface area contributed by atoms with Gasteiger partial charge in [-0.05, 0) is 22.2 Å². The molecule has 5 heteroatoms. The number of rotatable bonds is 0. The average molecular weight is 246 g/mol. The molecule has 0 saturated carbocycles. The predicted molar refractivity (Wildman–Crippen MR) is 57.0 cm³/mol. The second-order valence-corrected chi connectivity index (χ2v) is 4.08. The van der Waals surface area contributed by atoms with Crippen molar-refractivity contribution in [1.29, 1.82) is 0 Å². The molecule has 0 saturated heterocycles. The van der Waals surface area contributed by atoms with Gasteiger partial charge in [0.15, 0.2) is 5.84 Å². The van der Waals surface area contributed by atoms with Crippen LogP contribution in [0.5, 0.6) is 0 Å². The fourth-order valence-corrected chi connectivity index (χ4v) is 2.31. The molecule has 2 heterocycles. The lowest BCUT2D eigenvalue weighted by atomic mass is 10.5. The normalized spacial score (nSPS) is 21.5. The summed E-state index contributed by atoms with van der Waals surface area (Å²) in [6.07, 6.45) is 4.00. The third-order valence-corrected chi connectivity index (χ3v) is 2.77. The Bertz CT molecular complexity index is 295. The molecular weight excluding hydrogens is 238 g/mol. The third-order valence-electron chi connectivity index (χ3n) is 1.73. The van der Waals surface area contributed by atoms with Gasteiger partial charge in [0.25, 0.3) is 0 Å². The van der Waals surface area contributed by atoms with Gasteiger partial charge >= 0.3 is 0 Å². The molecule has 0 aromatic heterocycles. The van der Waals surface area contributed by atoms with Crippen molar-refractivity contribution in [2.24, 2.45) is 9.98 Å². The van der Waals surface area contributed by atoms with Gasteiger partial charge < -0.3 is 4.90 Å². The van der Waals surface area contributed by atoms with E-state index in [4.69, 9.17) is 0 Å². The number of fused-ring (bicyclic) bond motifs is 1. The van der Waals surface area contributed by atoms with Crippen molar-refractivity contribution in [3.8, 4) is 0 Å². The molecule has 0 aliphatic carbocycles. The van der Waals surface area contributed by atoms with Gasteiger partial charge in [-0.25, -0.2) is 4.99 Å². The summed E-state index contributed by atoms with van der Waals surface area (Å²) in [5.41, 5.74) is 0. The van der Waals surface area contributed by atoms with Crippen LogP contribution in [0.25, 0.3) is 0 Å². The van der Waals surface area contributed by atoms with Crippen molar-refractivity contribution >= 4 is 38.6 Å². The molecule has 2 aliphatic rings. The fraction of sp³-hybridized carbons (Fsp3) is 0.429. The minimum absolute atomic E-state index is 0.881. The molecule has 0 unspecified atom stereocenters. The van der Waals surface area contributed by atoms with E-state index < -0.39 is 0 Å². The summed E-state index contributed by atoms with van der Waals surface area (Å²) in [5.74, 6) is 1.02. The molecule has 0 atom stereocenters. The quantitative estimate of drug-likeness (QED) is 0.608. The van der Waals surface area contributed by atoms with Crippen molar-refractivity contribution in [1.82, 2.24) is 4.90 Å². The van der Waals surface area contributed by atoms with E-state index in [0.717, 1.165) is 28.6 Å². The first-order valence-electron chi connectivity index (χ1n) is 3.63. The minimum Gasteiger partial charge on any atom is -0.326 e. The highest BCUT2D eigenvalue weighted by molar-refractivity contribution is 9.11. The highest BCUT2D eigenvalue weighted by Crippen LogP contribution is 2.21. The highest BCUT2D eigenvalue weighted by atomic mass is 79.9. The van der Waals surface area contributed by atoms with Gasteiger partial charge in [-0.15, -0.1) is 11.8 Å². The van der Waals surface area contributed by atoms with Gasteiger partial charge in [-0.2, -0.15) is 0 Å². The van der Waals surface area contributed by atoms with Gasteiger partial charge in [0.05, 0.1) is 6.54 Å². The first kappa shape index (κ1) is 8.31. The lowest BCUT2D eigenvalue weighted by Crippen LogP contribution is -2.30. The lowest BCUT2D eigenvalue weighted by molar-refractivity contribution is 0.612. The maximum absolute atomic E-state index is 4.37. The van der Waals surface area contributed by atoms with Crippen LogP contribution >= 0.6 is 27.7 Å². The second-order valence-electron chi connectivity index (χ2n) is 2.47. The molecule has 0 radical (unpaired) electrons. The molecule has 12 heavy (non-hydrogen) atoms. The van der Waals surface area contributed by atoms with E-state index in [-0.39, 0.29) is 0 Å². The second kappa shape index (κ2) is 3.22. The van der Waals surface area contributed by atoms with Gasteiger partial charge in [0, 0.05) is 12.7 Å². The van der Waals surface area contributed by atoms with Crippen LogP contribution < -0.4 is 0 Å². The predicted octanol–water partition coefficient (Wildman–Crippen LogP) is 1.67. The van der Waals surface area contributed by atoms with Crippen molar-refractivity contribution < 1.29 is 0 Å². The maximum Gasteiger partial charge on any atom is 0.160 e. The largest absolute Gasteiger partial charge is 0.326 e. The molecule has 0 bridgehead atoms. The number of thioether (sulfide) groups is 1. The Morgan fingerprint density at radius 2 is 2.50 bits per heavy atom. The van der Waals surface area contributed by atoms with E-state index in [1.807, 2.05) is 12.5 Å². The topological polar surface area (TPSA) is 28.0 Å². The van der Waals surface area contributed by atoms with Crippen molar-refractivity contribution in [2.75, 3.05) is 19.3 Å². The molecule has 2 aliphatic heterocycles. The van der Waals surface area contributed by atoms with Crippen molar-refractivity contribution in [3.63, 3.8) is 0 Å². The van der Waals surface area contributed by atoms with Crippen LogP contribution in [-0.4, -0.2) is 35.1 Å². The summed E-state index contributed by atoms with van der Waals surface area (Å²) >= 11 is 5.00. The Labute approximate surface area is 83.8 Å². The van der Waals surface area contributed by atoms with Crippen LogP contribution in [0.4, 0.5) is 0 Å². The van der Waals surface area contributed by atoms with Gasteiger partial charge in [-0.1, -0.05) is 0 Å². The summed E-state index contributed by atoms with van der Waals surface area (Å²) in [6, 6.07) is 0. The molecule has 0 N–H and O–H groups in total. The number of amidine groups is 1. The first-order chi connectivity index (χ1) is 5.81. The zero-order valence-corrected chi connectivity index (χ0v) is 9.02. The molecule has 0 amide bonds. The Balaban J connectivity index is 2.36. The fourth-order valence-electron chi connectivity index (χ4n) is 1.22. The Morgan fingerprint density at radius 1 is 1.67 bits per heavy atom. The number of hydrogen-bond acceptors (Lipinski definition) is 4. The van der Waals surface area contributed by atoms with E-state index in [2.05, 4.69) is 30.8 Å². The molecule has 0 spiro atoms. The Kier molecular flexibility index (Phi) is 2.23. The zero-order chi connectivity index (χ0) is 8.55. The van der Waals surface area contributed by atoms with Crippen LogP contribution in [0.2, 0.25) is 0 Å². The van der Waals surface area contributed by atoms with Gasteiger partial charge in [-0.3, -0.25) is 4.99 Å². The summed E-state index contributed by atoms with van der Waals surface area (Å²) in [7, 11) is 0. The van der Waals surface area contributed by atoms with Gasteiger partial charge in [0.1, 0.15) is 9.65 Å². The molecule has 0 fully saturated rings.